The first-order chi connectivity index (χ1) is 16.0. The Morgan fingerprint density at radius 1 is 1.00 bits per heavy atom. The number of hydrogen-bond donors (Lipinski definition) is 1. The minimum atomic E-state index is -0.222. The van der Waals surface area contributed by atoms with Crippen LogP contribution >= 0.6 is 11.8 Å². The van der Waals surface area contributed by atoms with Crippen molar-refractivity contribution in [2.75, 3.05) is 19.5 Å². The molecule has 3 aromatic carbocycles. The fourth-order valence-corrected chi connectivity index (χ4v) is 4.27. The number of nitrogens with zero attached hydrogens (tertiary/aromatic N) is 2. The maximum absolute atomic E-state index is 12.6. The van der Waals surface area contributed by atoms with E-state index in [1.165, 1.54) is 11.8 Å². The Balaban J connectivity index is 1.44. The highest BCUT2D eigenvalue weighted by Crippen LogP contribution is 2.30. The van der Waals surface area contributed by atoms with Gasteiger partial charge < -0.3 is 14.8 Å². The van der Waals surface area contributed by atoms with E-state index in [9.17, 15) is 9.59 Å². The molecule has 0 aliphatic rings. The summed E-state index contributed by atoms with van der Waals surface area (Å²) < 4.78 is 12.1. The second-order valence-electron chi connectivity index (χ2n) is 7.29. The van der Waals surface area contributed by atoms with Gasteiger partial charge in [-0.3, -0.25) is 14.2 Å². The fourth-order valence-electron chi connectivity index (χ4n) is 3.34. The normalized spacial score (nSPS) is 10.8. The summed E-state index contributed by atoms with van der Waals surface area (Å²) in [7, 11) is 4.84. The molecule has 8 heteroatoms. The molecule has 0 saturated heterocycles. The van der Waals surface area contributed by atoms with Crippen molar-refractivity contribution in [3.8, 4) is 11.5 Å². The molecular formula is C25H23N3O4S. The van der Waals surface area contributed by atoms with Gasteiger partial charge in [0, 0.05) is 30.1 Å². The molecule has 1 heterocycles. The fraction of sp³-hybridized carbons (Fsp3) is 0.160. The molecule has 4 rings (SSSR count). The Morgan fingerprint density at radius 2 is 1.73 bits per heavy atom. The van der Waals surface area contributed by atoms with Crippen LogP contribution in [0.3, 0.4) is 0 Å². The highest BCUT2D eigenvalue weighted by molar-refractivity contribution is 7.98. The molecule has 0 bridgehead atoms. The molecule has 0 atom stereocenters. The lowest BCUT2D eigenvalue weighted by atomic mass is 10.1. The van der Waals surface area contributed by atoms with Crippen LogP contribution in [0, 0.1) is 0 Å². The average molecular weight is 462 g/mol. The van der Waals surface area contributed by atoms with Crippen LogP contribution in [-0.4, -0.2) is 29.7 Å². The molecule has 7 nitrogen and oxygen atoms in total. The van der Waals surface area contributed by atoms with E-state index in [1.54, 1.807) is 62.2 Å². The molecule has 1 aromatic heterocycles. The standard InChI is InChI=1S/C25H23N3O4S/c1-28-24(30)19-6-4-5-7-20(19)27-25(28)33-15-16-8-10-17(11-9-16)23(29)26-18-12-13-21(31-2)22(14-18)32-3/h4-14H,15H2,1-3H3,(H,26,29). The number of carbonyl (C=O) groups excluding carboxylic acids is 1. The minimum absolute atomic E-state index is 0.0646. The third-order valence-corrected chi connectivity index (χ3v) is 6.27. The Hall–Kier alpha value is -3.78. The number of anilines is 1. The highest BCUT2D eigenvalue weighted by atomic mass is 32.2. The van der Waals surface area contributed by atoms with Gasteiger partial charge >= 0.3 is 0 Å². The second-order valence-corrected chi connectivity index (χ2v) is 8.23. The average Bonchev–Trinajstić information content (AvgIpc) is 2.85. The lowest BCUT2D eigenvalue weighted by Crippen LogP contribution is -2.19. The number of fused-ring (bicyclic) bond motifs is 1. The molecule has 0 aliphatic heterocycles. The molecule has 0 unspecified atom stereocenters. The number of para-hydroxylation sites is 1. The van der Waals surface area contributed by atoms with E-state index < -0.39 is 0 Å². The number of benzene rings is 3. The van der Waals surface area contributed by atoms with Crippen molar-refractivity contribution in [3.05, 3.63) is 88.2 Å². The maximum atomic E-state index is 12.6. The van der Waals surface area contributed by atoms with Crippen molar-refractivity contribution in [3.63, 3.8) is 0 Å². The van der Waals surface area contributed by atoms with E-state index in [1.807, 2.05) is 30.3 Å². The van der Waals surface area contributed by atoms with Gasteiger partial charge in [0.25, 0.3) is 11.5 Å². The van der Waals surface area contributed by atoms with Gasteiger partial charge in [0.05, 0.1) is 25.1 Å². The Kier molecular flexibility index (Phi) is 6.65. The molecule has 168 valence electrons. The molecule has 0 fully saturated rings. The van der Waals surface area contributed by atoms with Gasteiger partial charge in [-0.25, -0.2) is 4.98 Å². The number of nitrogens with one attached hydrogen (secondary N) is 1. The number of amides is 1. The van der Waals surface area contributed by atoms with Crippen LogP contribution in [0.25, 0.3) is 10.9 Å². The molecule has 4 aromatic rings. The zero-order chi connectivity index (χ0) is 23.4. The van der Waals surface area contributed by atoms with E-state index in [4.69, 9.17) is 9.47 Å². The van der Waals surface area contributed by atoms with Crippen LogP contribution in [0.1, 0.15) is 15.9 Å². The smallest absolute Gasteiger partial charge is 0.261 e. The summed E-state index contributed by atoms with van der Waals surface area (Å²) in [4.78, 5) is 29.8. The Labute approximate surface area is 195 Å². The zero-order valence-electron chi connectivity index (χ0n) is 18.5. The summed E-state index contributed by atoms with van der Waals surface area (Å²) in [6.45, 7) is 0. The number of ether oxygens (including phenoxy) is 2. The third-order valence-electron chi connectivity index (χ3n) is 5.17. The van der Waals surface area contributed by atoms with Crippen molar-refractivity contribution in [1.82, 2.24) is 9.55 Å². The Bertz CT molecular complexity index is 1370. The van der Waals surface area contributed by atoms with Crippen molar-refractivity contribution in [1.29, 1.82) is 0 Å². The van der Waals surface area contributed by atoms with Gasteiger partial charge in [-0.05, 0) is 42.0 Å². The summed E-state index contributed by atoms with van der Waals surface area (Å²) in [6.07, 6.45) is 0. The van der Waals surface area contributed by atoms with E-state index in [0.29, 0.717) is 44.6 Å². The third kappa shape index (κ3) is 4.85. The summed E-state index contributed by atoms with van der Waals surface area (Å²) in [5.41, 5.74) is 2.79. The molecular weight excluding hydrogens is 438 g/mol. The molecule has 0 aliphatic carbocycles. The van der Waals surface area contributed by atoms with Crippen LogP contribution < -0.4 is 20.3 Å². The lowest BCUT2D eigenvalue weighted by Gasteiger charge is -2.11. The highest BCUT2D eigenvalue weighted by Gasteiger charge is 2.11. The van der Waals surface area contributed by atoms with Crippen LogP contribution in [0.5, 0.6) is 11.5 Å². The van der Waals surface area contributed by atoms with Crippen molar-refractivity contribution in [2.45, 2.75) is 10.9 Å². The van der Waals surface area contributed by atoms with E-state index in [0.717, 1.165) is 5.56 Å². The van der Waals surface area contributed by atoms with Gasteiger partial charge in [-0.1, -0.05) is 36.0 Å². The minimum Gasteiger partial charge on any atom is -0.493 e. The molecule has 1 amide bonds. The largest absolute Gasteiger partial charge is 0.493 e. The molecule has 0 radical (unpaired) electrons. The van der Waals surface area contributed by atoms with Crippen LogP contribution in [-0.2, 0) is 12.8 Å². The predicted octanol–water partition coefficient (Wildman–Crippen LogP) is 4.50. The van der Waals surface area contributed by atoms with Crippen LogP contribution in [0.2, 0.25) is 0 Å². The first-order valence-corrected chi connectivity index (χ1v) is 11.2. The SMILES string of the molecule is COc1ccc(NC(=O)c2ccc(CSc3nc4ccccc4c(=O)n3C)cc2)cc1OC. The zero-order valence-corrected chi connectivity index (χ0v) is 19.3. The number of methoxy groups -OCH3 is 2. The predicted molar refractivity (Wildman–Crippen MR) is 130 cm³/mol. The maximum Gasteiger partial charge on any atom is 0.261 e. The number of aromatic nitrogens is 2. The van der Waals surface area contributed by atoms with Crippen LogP contribution in [0.15, 0.2) is 76.7 Å². The molecule has 1 N–H and O–H groups in total. The van der Waals surface area contributed by atoms with E-state index in [-0.39, 0.29) is 11.5 Å². The van der Waals surface area contributed by atoms with Gasteiger partial charge in [0.15, 0.2) is 16.7 Å². The molecule has 0 spiro atoms. The van der Waals surface area contributed by atoms with Gasteiger partial charge in [-0.2, -0.15) is 0 Å². The second kappa shape index (κ2) is 9.79. The lowest BCUT2D eigenvalue weighted by molar-refractivity contribution is 0.102. The molecule has 0 saturated carbocycles. The Morgan fingerprint density at radius 3 is 2.45 bits per heavy atom. The number of carbonyl (C=O) groups is 1. The first-order valence-electron chi connectivity index (χ1n) is 10.2. The van der Waals surface area contributed by atoms with Crippen molar-refractivity contribution >= 4 is 34.3 Å². The van der Waals surface area contributed by atoms with Crippen molar-refractivity contribution < 1.29 is 14.3 Å². The van der Waals surface area contributed by atoms with Crippen LogP contribution in [0.4, 0.5) is 5.69 Å². The summed E-state index contributed by atoms with van der Waals surface area (Å²) in [6, 6.07) is 19.9. The quantitative estimate of drug-likeness (QED) is 0.322. The number of thioether (sulfide) groups is 1. The topological polar surface area (TPSA) is 82.5 Å². The van der Waals surface area contributed by atoms with E-state index in [2.05, 4.69) is 10.3 Å². The van der Waals surface area contributed by atoms with Crippen molar-refractivity contribution in [2.24, 2.45) is 7.05 Å². The van der Waals surface area contributed by atoms with Gasteiger partial charge in [-0.15, -0.1) is 0 Å². The monoisotopic (exact) mass is 461 g/mol. The number of rotatable bonds is 7. The van der Waals surface area contributed by atoms with Gasteiger partial charge in [0.2, 0.25) is 0 Å². The molecule has 33 heavy (non-hydrogen) atoms. The summed E-state index contributed by atoms with van der Waals surface area (Å²) in [5.74, 6) is 1.53. The van der Waals surface area contributed by atoms with Gasteiger partial charge in [0.1, 0.15) is 0 Å². The summed E-state index contributed by atoms with van der Waals surface area (Å²) >= 11 is 1.48. The van der Waals surface area contributed by atoms with E-state index >= 15 is 0 Å². The summed E-state index contributed by atoms with van der Waals surface area (Å²) in [5, 5.41) is 4.12. The first kappa shape index (κ1) is 22.4. The number of hydrogen-bond acceptors (Lipinski definition) is 6.